The van der Waals surface area contributed by atoms with Crippen molar-refractivity contribution in [3.8, 4) is 22.3 Å². The van der Waals surface area contributed by atoms with Crippen molar-refractivity contribution in [1.29, 1.82) is 0 Å². The van der Waals surface area contributed by atoms with Gasteiger partial charge >= 0.3 is 6.09 Å². The number of aromatic amines is 1. The third-order valence-corrected chi connectivity index (χ3v) is 6.77. The first-order valence-corrected chi connectivity index (χ1v) is 11.9. The van der Waals surface area contributed by atoms with Crippen LogP contribution in [0.25, 0.3) is 38.9 Å². The van der Waals surface area contributed by atoms with Crippen LogP contribution in [0.4, 0.5) is 4.79 Å². The minimum absolute atomic E-state index is 0.0218. The van der Waals surface area contributed by atoms with Crippen molar-refractivity contribution in [3.63, 3.8) is 0 Å². The highest BCUT2D eigenvalue weighted by atomic mass is 16.4. The van der Waals surface area contributed by atoms with Crippen LogP contribution in [0, 0.1) is 6.92 Å². The van der Waals surface area contributed by atoms with E-state index >= 15 is 0 Å². The van der Waals surface area contributed by atoms with Gasteiger partial charge in [0.1, 0.15) is 5.65 Å². The lowest BCUT2D eigenvalue weighted by Crippen LogP contribution is -2.33. The molecule has 0 atom stereocenters. The summed E-state index contributed by atoms with van der Waals surface area (Å²) in [5, 5.41) is 10.2. The summed E-state index contributed by atoms with van der Waals surface area (Å²) in [5.41, 5.74) is 9.11. The van der Waals surface area contributed by atoms with Crippen LogP contribution in [0.15, 0.2) is 67.0 Å². The van der Waals surface area contributed by atoms with Crippen LogP contribution in [0.1, 0.15) is 27.9 Å². The molecule has 2 aromatic carbocycles. The summed E-state index contributed by atoms with van der Waals surface area (Å²) >= 11 is 0. The van der Waals surface area contributed by atoms with Gasteiger partial charge in [0.25, 0.3) is 5.91 Å². The van der Waals surface area contributed by atoms with Crippen LogP contribution in [-0.2, 0) is 0 Å². The number of carbonyl (C=O) groups excluding carboxylic acids is 1. The van der Waals surface area contributed by atoms with Gasteiger partial charge in [0.2, 0.25) is 0 Å². The molecule has 0 bridgehead atoms. The number of fused-ring (bicyclic) bond motifs is 1. The predicted molar refractivity (Wildman–Crippen MR) is 142 cm³/mol. The number of aryl methyl sites for hydroxylation is 1. The van der Waals surface area contributed by atoms with Gasteiger partial charge < -0.3 is 19.9 Å². The number of carboxylic acid groups (broad SMARTS) is 1. The summed E-state index contributed by atoms with van der Waals surface area (Å²) < 4.78 is 0. The highest BCUT2D eigenvalue weighted by Crippen LogP contribution is 2.33. The molecular formula is C29H28N4O3. The average Bonchev–Trinajstić information content (AvgIpc) is 3.31. The number of nitrogens with one attached hydrogen (secondary N) is 1. The van der Waals surface area contributed by atoms with Crippen LogP contribution in [-0.4, -0.2) is 64.1 Å². The Hall–Kier alpha value is -4.39. The lowest BCUT2D eigenvalue weighted by atomic mass is 9.92. The molecule has 1 aliphatic heterocycles. The number of rotatable bonds is 4. The molecule has 4 aromatic rings. The molecule has 5 rings (SSSR count). The number of nitrogens with zero attached hydrogens (tertiary/aromatic N) is 3. The Labute approximate surface area is 209 Å². The second-order valence-electron chi connectivity index (χ2n) is 9.34. The van der Waals surface area contributed by atoms with E-state index in [1.807, 2.05) is 42.7 Å². The molecule has 2 N–H and O–H groups in total. The van der Waals surface area contributed by atoms with Gasteiger partial charge in [-0.1, -0.05) is 36.4 Å². The van der Waals surface area contributed by atoms with E-state index in [1.165, 1.54) is 10.5 Å². The Balaban J connectivity index is 1.44. The second-order valence-corrected chi connectivity index (χ2v) is 9.34. The molecule has 36 heavy (non-hydrogen) atoms. The molecule has 0 fully saturated rings. The van der Waals surface area contributed by atoms with E-state index < -0.39 is 6.09 Å². The smallest absolute Gasteiger partial charge is 0.407 e. The van der Waals surface area contributed by atoms with Crippen LogP contribution >= 0.6 is 0 Å². The van der Waals surface area contributed by atoms with E-state index in [0.717, 1.165) is 44.4 Å². The standard InChI is InChI=1S/C29H28N4O3/c1-18-14-22(8-9-24(18)20-10-12-33(13-11-20)29(35)36)23-15-25-26(17-31-27(25)30-16-23)19-4-6-21(7-5-19)28(34)32(2)3/h4-10,14-17H,11-13H2,1-3H3,(H,30,31)(H,35,36). The zero-order valence-corrected chi connectivity index (χ0v) is 20.6. The average molecular weight is 481 g/mol. The largest absolute Gasteiger partial charge is 0.465 e. The highest BCUT2D eigenvalue weighted by Gasteiger charge is 2.18. The van der Waals surface area contributed by atoms with E-state index in [-0.39, 0.29) is 5.91 Å². The first-order chi connectivity index (χ1) is 17.3. The normalized spacial score (nSPS) is 13.5. The zero-order chi connectivity index (χ0) is 25.4. The maximum absolute atomic E-state index is 12.2. The second kappa shape index (κ2) is 9.34. The van der Waals surface area contributed by atoms with Gasteiger partial charge in [-0.05, 0) is 59.4 Å². The fourth-order valence-electron chi connectivity index (χ4n) is 4.74. The molecule has 7 nitrogen and oxygen atoms in total. The minimum Gasteiger partial charge on any atom is -0.465 e. The topological polar surface area (TPSA) is 89.5 Å². The summed E-state index contributed by atoms with van der Waals surface area (Å²) in [5.74, 6) is -0.0218. The molecular weight excluding hydrogens is 452 g/mol. The Bertz CT molecular complexity index is 1500. The van der Waals surface area contributed by atoms with Gasteiger partial charge in [0, 0.05) is 61.7 Å². The Morgan fingerprint density at radius 2 is 1.75 bits per heavy atom. The molecule has 1 aliphatic rings. The van der Waals surface area contributed by atoms with Crippen LogP contribution in [0.5, 0.6) is 0 Å². The van der Waals surface area contributed by atoms with Crippen molar-refractivity contribution in [2.75, 3.05) is 27.2 Å². The summed E-state index contributed by atoms with van der Waals surface area (Å²) in [6.45, 7) is 3.03. The van der Waals surface area contributed by atoms with Crippen molar-refractivity contribution in [2.24, 2.45) is 0 Å². The maximum atomic E-state index is 12.2. The van der Waals surface area contributed by atoms with Gasteiger partial charge in [-0.15, -0.1) is 0 Å². The first kappa shape index (κ1) is 23.4. The number of hydrogen-bond donors (Lipinski definition) is 2. The summed E-state index contributed by atoms with van der Waals surface area (Å²) in [7, 11) is 3.49. The van der Waals surface area contributed by atoms with Gasteiger partial charge in [-0.2, -0.15) is 0 Å². The van der Waals surface area contributed by atoms with Gasteiger partial charge in [-0.25, -0.2) is 9.78 Å². The molecule has 0 aliphatic carbocycles. The molecule has 0 saturated heterocycles. The molecule has 3 heterocycles. The summed E-state index contributed by atoms with van der Waals surface area (Å²) in [6.07, 6.45) is 5.68. The van der Waals surface area contributed by atoms with Crippen LogP contribution < -0.4 is 0 Å². The van der Waals surface area contributed by atoms with E-state index in [2.05, 4.69) is 41.2 Å². The first-order valence-electron chi connectivity index (χ1n) is 11.9. The summed E-state index contributed by atoms with van der Waals surface area (Å²) in [6, 6.07) is 16.2. The zero-order valence-electron chi connectivity index (χ0n) is 20.6. The van der Waals surface area contributed by atoms with Crippen molar-refractivity contribution >= 4 is 28.6 Å². The number of benzene rings is 2. The number of amides is 2. The molecule has 2 aromatic heterocycles. The Morgan fingerprint density at radius 3 is 2.39 bits per heavy atom. The van der Waals surface area contributed by atoms with Crippen molar-refractivity contribution in [1.82, 2.24) is 19.8 Å². The van der Waals surface area contributed by atoms with Gasteiger partial charge in [0.05, 0.1) is 0 Å². The fourth-order valence-corrected chi connectivity index (χ4v) is 4.74. The Morgan fingerprint density at radius 1 is 1.00 bits per heavy atom. The van der Waals surface area contributed by atoms with E-state index in [0.29, 0.717) is 25.1 Å². The number of pyridine rings is 1. The maximum Gasteiger partial charge on any atom is 0.407 e. The van der Waals surface area contributed by atoms with E-state index in [1.54, 1.807) is 19.0 Å². The van der Waals surface area contributed by atoms with Crippen LogP contribution in [0.3, 0.4) is 0 Å². The molecule has 0 saturated carbocycles. The Kier molecular flexibility index (Phi) is 6.06. The lowest BCUT2D eigenvalue weighted by molar-refractivity contribution is 0.0827. The quantitative estimate of drug-likeness (QED) is 0.394. The van der Waals surface area contributed by atoms with E-state index in [4.69, 9.17) is 0 Å². The molecule has 7 heteroatoms. The number of H-pyrrole nitrogens is 1. The monoisotopic (exact) mass is 480 g/mol. The van der Waals surface area contributed by atoms with Crippen molar-refractivity contribution in [2.45, 2.75) is 13.3 Å². The van der Waals surface area contributed by atoms with Gasteiger partial charge in [0.15, 0.2) is 0 Å². The van der Waals surface area contributed by atoms with Gasteiger partial charge in [-0.3, -0.25) is 4.79 Å². The fraction of sp³-hybridized carbons (Fsp3) is 0.207. The predicted octanol–water partition coefficient (Wildman–Crippen LogP) is 5.67. The van der Waals surface area contributed by atoms with Crippen molar-refractivity contribution in [3.05, 3.63) is 83.7 Å². The summed E-state index contributed by atoms with van der Waals surface area (Å²) in [4.78, 5) is 34.3. The highest BCUT2D eigenvalue weighted by molar-refractivity contribution is 5.98. The lowest BCUT2D eigenvalue weighted by Gasteiger charge is -2.24. The molecule has 2 amide bonds. The number of aromatic nitrogens is 2. The minimum atomic E-state index is -0.873. The SMILES string of the molecule is Cc1cc(-c2cnc3[nH]cc(-c4ccc(C(=O)N(C)C)cc4)c3c2)ccc1C1=CCN(C(=O)O)CC1. The van der Waals surface area contributed by atoms with Crippen molar-refractivity contribution < 1.29 is 14.7 Å². The molecule has 0 radical (unpaired) electrons. The third-order valence-electron chi connectivity index (χ3n) is 6.77. The number of carbonyl (C=O) groups is 2. The molecule has 0 spiro atoms. The third kappa shape index (κ3) is 4.35. The molecule has 182 valence electrons. The van der Waals surface area contributed by atoms with Crippen LogP contribution in [0.2, 0.25) is 0 Å². The molecule has 0 unspecified atom stereocenters. The number of hydrogen-bond acceptors (Lipinski definition) is 3. The van der Waals surface area contributed by atoms with E-state index in [9.17, 15) is 14.7 Å².